The summed E-state index contributed by atoms with van der Waals surface area (Å²) in [6.45, 7) is 3.40. The lowest BCUT2D eigenvalue weighted by Crippen LogP contribution is -2.50. The SMILES string of the molecule is O=C1N(c2ccc(-c3cn[nH]c3)cc2)CC2(CCOCC2)N1Cc1cccc(OCC2CC2)c1. The van der Waals surface area contributed by atoms with Crippen LogP contribution >= 0.6 is 0 Å². The number of benzene rings is 2. The number of nitrogens with one attached hydrogen (secondary N) is 1. The number of anilines is 1. The number of ether oxygens (including phenoxy) is 2. The molecule has 2 aromatic carbocycles. The molecular formula is C27H30N4O3. The Kier molecular flexibility index (Phi) is 5.49. The molecule has 7 nitrogen and oxygen atoms in total. The van der Waals surface area contributed by atoms with E-state index in [1.807, 2.05) is 47.5 Å². The second-order valence-electron chi connectivity index (χ2n) is 9.73. The number of urea groups is 1. The van der Waals surface area contributed by atoms with Gasteiger partial charge in [0.2, 0.25) is 0 Å². The highest BCUT2D eigenvalue weighted by Gasteiger charge is 2.50. The zero-order valence-electron chi connectivity index (χ0n) is 19.3. The van der Waals surface area contributed by atoms with Crippen LogP contribution in [0.25, 0.3) is 11.1 Å². The molecule has 0 unspecified atom stereocenters. The molecule has 1 aliphatic carbocycles. The van der Waals surface area contributed by atoms with Crippen LogP contribution in [-0.4, -0.2) is 53.0 Å². The van der Waals surface area contributed by atoms with Gasteiger partial charge >= 0.3 is 6.03 Å². The van der Waals surface area contributed by atoms with E-state index in [1.54, 1.807) is 6.20 Å². The third kappa shape index (κ3) is 4.16. The first-order valence-corrected chi connectivity index (χ1v) is 12.2. The third-order valence-corrected chi connectivity index (χ3v) is 7.34. The molecule has 1 saturated carbocycles. The van der Waals surface area contributed by atoms with Crippen molar-refractivity contribution in [2.75, 3.05) is 31.3 Å². The van der Waals surface area contributed by atoms with Crippen molar-refractivity contribution in [3.8, 4) is 16.9 Å². The fourth-order valence-corrected chi connectivity index (χ4v) is 5.07. The monoisotopic (exact) mass is 458 g/mol. The van der Waals surface area contributed by atoms with Gasteiger partial charge in [0.25, 0.3) is 0 Å². The fraction of sp³-hybridized carbons (Fsp3) is 0.407. The largest absolute Gasteiger partial charge is 0.493 e. The Labute approximate surface area is 199 Å². The molecule has 3 aromatic rings. The predicted molar refractivity (Wildman–Crippen MR) is 130 cm³/mol. The van der Waals surface area contributed by atoms with Crippen LogP contribution in [0.15, 0.2) is 60.9 Å². The Morgan fingerprint density at radius 3 is 2.65 bits per heavy atom. The summed E-state index contributed by atoms with van der Waals surface area (Å²) in [5.74, 6) is 1.60. The van der Waals surface area contributed by atoms with Crippen LogP contribution in [0.5, 0.6) is 5.75 Å². The Bertz CT molecular complexity index is 1130. The molecule has 2 amide bonds. The number of carbonyl (C=O) groups is 1. The van der Waals surface area contributed by atoms with Gasteiger partial charge in [-0.25, -0.2) is 4.79 Å². The third-order valence-electron chi connectivity index (χ3n) is 7.34. The summed E-state index contributed by atoms with van der Waals surface area (Å²) >= 11 is 0. The topological polar surface area (TPSA) is 70.7 Å². The van der Waals surface area contributed by atoms with Gasteiger partial charge in [0, 0.05) is 37.2 Å². The van der Waals surface area contributed by atoms with Crippen LogP contribution in [0.3, 0.4) is 0 Å². The van der Waals surface area contributed by atoms with Gasteiger partial charge in [-0.15, -0.1) is 0 Å². The first-order chi connectivity index (χ1) is 16.7. The number of hydrogen-bond acceptors (Lipinski definition) is 4. The number of aromatic nitrogens is 2. The second-order valence-corrected chi connectivity index (χ2v) is 9.73. The van der Waals surface area contributed by atoms with Crippen molar-refractivity contribution in [2.24, 2.45) is 5.92 Å². The van der Waals surface area contributed by atoms with Crippen LogP contribution < -0.4 is 9.64 Å². The maximum absolute atomic E-state index is 13.8. The fourth-order valence-electron chi connectivity index (χ4n) is 5.07. The van der Waals surface area contributed by atoms with Crippen LogP contribution in [0.2, 0.25) is 0 Å². The number of H-pyrrole nitrogens is 1. The van der Waals surface area contributed by atoms with Crippen molar-refractivity contribution < 1.29 is 14.3 Å². The summed E-state index contributed by atoms with van der Waals surface area (Å²) in [5, 5.41) is 6.88. The highest BCUT2D eigenvalue weighted by molar-refractivity contribution is 5.95. The Hall–Kier alpha value is -3.32. The Morgan fingerprint density at radius 2 is 1.91 bits per heavy atom. The van der Waals surface area contributed by atoms with Gasteiger partial charge < -0.3 is 14.4 Å². The minimum absolute atomic E-state index is 0.0577. The van der Waals surface area contributed by atoms with E-state index in [-0.39, 0.29) is 11.6 Å². The van der Waals surface area contributed by atoms with Crippen molar-refractivity contribution >= 4 is 11.7 Å². The lowest BCUT2D eigenvalue weighted by Gasteiger charge is -2.40. The summed E-state index contributed by atoms with van der Waals surface area (Å²) in [7, 11) is 0. The average molecular weight is 459 g/mol. The number of hydrogen-bond donors (Lipinski definition) is 1. The first kappa shape index (κ1) is 21.2. The summed E-state index contributed by atoms with van der Waals surface area (Å²) in [6.07, 6.45) is 7.91. The molecular weight excluding hydrogens is 428 g/mol. The number of aromatic amines is 1. The molecule has 6 rings (SSSR count). The van der Waals surface area contributed by atoms with Gasteiger partial charge in [0.1, 0.15) is 5.75 Å². The molecule has 0 bridgehead atoms. The van der Waals surface area contributed by atoms with Crippen molar-refractivity contribution in [1.29, 1.82) is 0 Å². The van der Waals surface area contributed by atoms with Crippen LogP contribution in [0.1, 0.15) is 31.2 Å². The van der Waals surface area contributed by atoms with Crippen LogP contribution in [0, 0.1) is 5.92 Å². The number of nitrogens with zero attached hydrogens (tertiary/aromatic N) is 3. The molecule has 1 spiro atoms. The quantitative estimate of drug-likeness (QED) is 0.549. The molecule has 0 atom stereocenters. The lowest BCUT2D eigenvalue weighted by molar-refractivity contribution is 0.00609. The number of rotatable bonds is 7. The van der Waals surface area contributed by atoms with Crippen molar-refractivity contribution in [2.45, 2.75) is 37.8 Å². The molecule has 3 aliphatic rings. The zero-order valence-corrected chi connectivity index (χ0v) is 19.3. The molecule has 0 radical (unpaired) electrons. The standard InChI is InChI=1S/C27H30N4O3/c32-26-30(24-8-6-22(7-9-24)23-15-28-29-16-23)19-27(10-12-33-13-11-27)31(26)17-21-2-1-3-25(14-21)34-18-20-4-5-20/h1-3,6-9,14-16,20H,4-5,10-13,17-19H2,(H,28,29). The van der Waals surface area contributed by atoms with Crippen molar-refractivity contribution in [3.05, 3.63) is 66.5 Å². The molecule has 3 fully saturated rings. The molecule has 2 saturated heterocycles. The molecule has 176 valence electrons. The molecule has 1 N–H and O–H groups in total. The zero-order chi connectivity index (χ0) is 23.0. The van der Waals surface area contributed by atoms with E-state index < -0.39 is 0 Å². The van der Waals surface area contributed by atoms with E-state index in [4.69, 9.17) is 9.47 Å². The molecule has 1 aromatic heterocycles. The van der Waals surface area contributed by atoms with E-state index in [0.717, 1.165) is 47.6 Å². The van der Waals surface area contributed by atoms with Gasteiger partial charge in [-0.3, -0.25) is 10.00 Å². The highest BCUT2D eigenvalue weighted by Crippen LogP contribution is 2.39. The minimum atomic E-state index is -0.219. The van der Waals surface area contributed by atoms with E-state index in [0.29, 0.717) is 32.2 Å². The second kappa shape index (κ2) is 8.80. The van der Waals surface area contributed by atoms with E-state index >= 15 is 0 Å². The molecule has 34 heavy (non-hydrogen) atoms. The first-order valence-electron chi connectivity index (χ1n) is 12.2. The van der Waals surface area contributed by atoms with E-state index in [1.165, 1.54) is 12.8 Å². The summed E-state index contributed by atoms with van der Waals surface area (Å²) in [6, 6.07) is 16.4. The van der Waals surface area contributed by atoms with Gasteiger partial charge in [-0.1, -0.05) is 24.3 Å². The van der Waals surface area contributed by atoms with Crippen LogP contribution in [-0.2, 0) is 11.3 Å². The van der Waals surface area contributed by atoms with E-state index in [9.17, 15) is 4.79 Å². The predicted octanol–water partition coefficient (Wildman–Crippen LogP) is 4.86. The lowest BCUT2D eigenvalue weighted by atomic mass is 9.89. The molecule has 3 heterocycles. The van der Waals surface area contributed by atoms with Gasteiger partial charge in [0.15, 0.2) is 0 Å². The normalized spacial score (nSPS) is 19.7. The molecule has 7 heteroatoms. The number of amides is 2. The maximum atomic E-state index is 13.8. The highest BCUT2D eigenvalue weighted by atomic mass is 16.5. The Morgan fingerprint density at radius 1 is 1.09 bits per heavy atom. The summed E-state index contributed by atoms with van der Waals surface area (Å²) < 4.78 is 11.7. The average Bonchev–Trinajstić information content (AvgIpc) is 3.48. The maximum Gasteiger partial charge on any atom is 0.325 e. The smallest absolute Gasteiger partial charge is 0.325 e. The van der Waals surface area contributed by atoms with Crippen molar-refractivity contribution in [3.63, 3.8) is 0 Å². The molecule has 2 aliphatic heterocycles. The minimum Gasteiger partial charge on any atom is -0.493 e. The summed E-state index contributed by atoms with van der Waals surface area (Å²) in [5.41, 5.74) is 3.91. The van der Waals surface area contributed by atoms with Gasteiger partial charge in [0.05, 0.1) is 24.9 Å². The Balaban J connectivity index is 1.24. The van der Waals surface area contributed by atoms with E-state index in [2.05, 4.69) is 27.2 Å². The van der Waals surface area contributed by atoms with Crippen molar-refractivity contribution in [1.82, 2.24) is 15.1 Å². The van der Waals surface area contributed by atoms with Crippen LogP contribution in [0.4, 0.5) is 10.5 Å². The number of carbonyl (C=O) groups excluding carboxylic acids is 1. The summed E-state index contributed by atoms with van der Waals surface area (Å²) in [4.78, 5) is 17.8. The van der Waals surface area contributed by atoms with Gasteiger partial charge in [-0.05, 0) is 67.0 Å². The van der Waals surface area contributed by atoms with Gasteiger partial charge in [-0.2, -0.15) is 5.10 Å².